The van der Waals surface area contributed by atoms with E-state index in [1.807, 2.05) is 20.8 Å². The lowest BCUT2D eigenvalue weighted by atomic mass is 9.62. The van der Waals surface area contributed by atoms with Crippen LogP contribution in [-0.4, -0.2) is 34.1 Å². The van der Waals surface area contributed by atoms with E-state index in [-0.39, 0.29) is 38.0 Å². The average Bonchev–Trinajstić information content (AvgIpc) is 3.19. The van der Waals surface area contributed by atoms with E-state index < -0.39 is 46.9 Å². The van der Waals surface area contributed by atoms with Crippen LogP contribution in [0.2, 0.25) is 10.0 Å². The maximum atomic E-state index is 15.7. The van der Waals surface area contributed by atoms with Crippen LogP contribution in [0.1, 0.15) is 54.7 Å². The minimum Gasteiger partial charge on any atom is -0.477 e. The van der Waals surface area contributed by atoms with Gasteiger partial charge in [-0.05, 0) is 47.7 Å². The molecule has 1 aromatic heterocycles. The summed E-state index contributed by atoms with van der Waals surface area (Å²) >= 11 is 12.2. The van der Waals surface area contributed by atoms with Gasteiger partial charge in [0.25, 0.3) is 0 Å². The van der Waals surface area contributed by atoms with Crippen molar-refractivity contribution in [1.29, 1.82) is 5.26 Å². The van der Waals surface area contributed by atoms with Crippen molar-refractivity contribution in [3.8, 4) is 6.07 Å². The smallest absolute Gasteiger partial charge is 0.354 e. The first-order valence-electron chi connectivity index (χ1n) is 12.4. The third-order valence-electron chi connectivity index (χ3n) is 6.98. The summed E-state index contributed by atoms with van der Waals surface area (Å²) in [5.41, 5.74) is -2.26. The molecule has 1 saturated heterocycles. The van der Waals surface area contributed by atoms with Crippen molar-refractivity contribution in [3.63, 3.8) is 0 Å². The molecule has 0 unspecified atom stereocenters. The number of carbonyl (C=O) groups is 2. The van der Waals surface area contributed by atoms with Gasteiger partial charge in [0.05, 0.1) is 29.0 Å². The summed E-state index contributed by atoms with van der Waals surface area (Å²) in [5.74, 6) is -4.71. The lowest BCUT2D eigenvalue weighted by Crippen LogP contribution is -2.45. The maximum absolute atomic E-state index is 15.7. The summed E-state index contributed by atoms with van der Waals surface area (Å²) in [5, 5.41) is 25.8. The number of benzene rings is 2. The summed E-state index contributed by atoms with van der Waals surface area (Å²) in [6.45, 7) is 5.81. The van der Waals surface area contributed by atoms with E-state index in [0.717, 1.165) is 6.07 Å². The van der Waals surface area contributed by atoms with Crippen LogP contribution in [0.4, 0.5) is 14.5 Å². The highest BCUT2D eigenvalue weighted by Crippen LogP contribution is 2.52. The Bertz CT molecular complexity index is 1500. The van der Waals surface area contributed by atoms with Gasteiger partial charge in [-0.1, -0.05) is 62.2 Å². The van der Waals surface area contributed by atoms with Gasteiger partial charge in [-0.2, -0.15) is 5.26 Å². The number of hydrogen-bond donors (Lipinski definition) is 3. The third-order valence-corrected chi connectivity index (χ3v) is 7.51. The number of aromatic carboxylic acids is 1. The summed E-state index contributed by atoms with van der Waals surface area (Å²) in [6.07, 6.45) is 1.49. The fourth-order valence-corrected chi connectivity index (χ4v) is 5.71. The molecule has 7 nitrogen and oxygen atoms in total. The van der Waals surface area contributed by atoms with E-state index in [9.17, 15) is 14.9 Å². The molecule has 1 amide bonds. The second-order valence-corrected chi connectivity index (χ2v) is 11.8. The number of nitriles is 1. The Kier molecular flexibility index (Phi) is 8.18. The lowest BCUT2D eigenvalue weighted by molar-refractivity contribution is -0.118. The van der Waals surface area contributed by atoms with Crippen LogP contribution < -0.4 is 10.6 Å². The predicted octanol–water partition coefficient (Wildman–Crippen LogP) is 6.33. The zero-order chi connectivity index (χ0) is 29.4. The molecule has 208 valence electrons. The van der Waals surface area contributed by atoms with E-state index >= 15 is 8.78 Å². The molecular weight excluding hydrogens is 561 g/mol. The Hall–Kier alpha value is -3.58. The molecule has 4 rings (SSSR count). The molecule has 0 saturated carbocycles. The van der Waals surface area contributed by atoms with Crippen LogP contribution >= 0.6 is 23.2 Å². The number of hydrogen-bond acceptors (Lipinski definition) is 5. The molecule has 0 bridgehead atoms. The van der Waals surface area contributed by atoms with Crippen molar-refractivity contribution in [2.24, 2.45) is 5.41 Å². The Morgan fingerprint density at radius 3 is 2.48 bits per heavy atom. The Labute approximate surface area is 240 Å². The van der Waals surface area contributed by atoms with Crippen LogP contribution in [0, 0.1) is 28.4 Å². The largest absolute Gasteiger partial charge is 0.477 e. The van der Waals surface area contributed by atoms with E-state index in [2.05, 4.69) is 21.7 Å². The van der Waals surface area contributed by atoms with E-state index in [1.165, 1.54) is 48.7 Å². The Morgan fingerprint density at radius 2 is 1.90 bits per heavy atom. The van der Waals surface area contributed by atoms with Gasteiger partial charge in [0.2, 0.25) is 5.91 Å². The highest BCUT2D eigenvalue weighted by atomic mass is 35.5. The van der Waals surface area contributed by atoms with Gasteiger partial charge in [0.1, 0.15) is 22.7 Å². The molecule has 4 atom stereocenters. The van der Waals surface area contributed by atoms with Gasteiger partial charge in [0.15, 0.2) is 0 Å². The summed E-state index contributed by atoms with van der Waals surface area (Å²) in [6, 6.07) is 11.0. The summed E-state index contributed by atoms with van der Waals surface area (Å²) in [7, 11) is 0. The second kappa shape index (κ2) is 11.1. The third kappa shape index (κ3) is 5.52. The highest BCUT2D eigenvalue weighted by molar-refractivity contribution is 6.31. The highest BCUT2D eigenvalue weighted by Gasteiger charge is 2.61. The molecular formula is C29H26Cl2F2N4O3. The fourth-order valence-electron chi connectivity index (χ4n) is 5.37. The van der Waals surface area contributed by atoms with Crippen LogP contribution in [0.5, 0.6) is 0 Å². The number of amides is 1. The monoisotopic (exact) mass is 586 g/mol. The topological polar surface area (TPSA) is 115 Å². The number of carbonyl (C=O) groups excluding carboxylic acids is 1. The molecule has 1 aliphatic rings. The number of carboxylic acid groups (broad SMARTS) is 1. The molecule has 0 spiro atoms. The van der Waals surface area contributed by atoms with Crippen LogP contribution in [0.25, 0.3) is 0 Å². The van der Waals surface area contributed by atoms with Gasteiger partial charge in [-0.15, -0.1) is 0 Å². The van der Waals surface area contributed by atoms with Gasteiger partial charge < -0.3 is 15.7 Å². The molecule has 11 heteroatoms. The van der Waals surface area contributed by atoms with Crippen molar-refractivity contribution in [3.05, 3.63) is 93.2 Å². The Morgan fingerprint density at radius 1 is 1.18 bits per heavy atom. The number of pyridine rings is 1. The molecule has 0 aliphatic carbocycles. The number of anilines is 1. The van der Waals surface area contributed by atoms with E-state index in [0.29, 0.717) is 6.42 Å². The lowest BCUT2D eigenvalue weighted by Gasteiger charge is -2.37. The number of aromatic nitrogens is 1. The summed E-state index contributed by atoms with van der Waals surface area (Å²) < 4.78 is 31.3. The zero-order valence-corrected chi connectivity index (χ0v) is 23.3. The SMILES string of the molecule is CC(C)(C)C[C@@H]1N[C@@H](C(=O)Nc2ccc(C(=O)O)nc2)[C@H](c2cccc(Cl)c2F)[C@@]1(C#N)c1ccc(Cl)cc1F. The first-order chi connectivity index (χ1) is 18.8. The molecule has 2 aromatic carbocycles. The van der Waals surface area contributed by atoms with Crippen molar-refractivity contribution in [2.75, 3.05) is 5.32 Å². The number of nitrogens with one attached hydrogen (secondary N) is 2. The first-order valence-corrected chi connectivity index (χ1v) is 13.1. The molecule has 3 N–H and O–H groups in total. The van der Waals surface area contributed by atoms with E-state index in [1.54, 1.807) is 0 Å². The maximum Gasteiger partial charge on any atom is 0.354 e. The number of halogens is 4. The molecule has 0 radical (unpaired) electrons. The average molecular weight is 587 g/mol. The van der Waals surface area contributed by atoms with Crippen molar-refractivity contribution >= 4 is 40.8 Å². The van der Waals surface area contributed by atoms with Crippen LogP contribution in [0.3, 0.4) is 0 Å². The molecule has 1 aliphatic heterocycles. The van der Waals surface area contributed by atoms with Gasteiger partial charge >= 0.3 is 5.97 Å². The van der Waals surface area contributed by atoms with Gasteiger partial charge in [-0.25, -0.2) is 18.6 Å². The van der Waals surface area contributed by atoms with E-state index in [4.69, 9.17) is 28.3 Å². The zero-order valence-electron chi connectivity index (χ0n) is 21.8. The second-order valence-electron chi connectivity index (χ2n) is 10.9. The van der Waals surface area contributed by atoms with Crippen molar-refractivity contribution in [1.82, 2.24) is 10.3 Å². The predicted molar refractivity (Wildman–Crippen MR) is 147 cm³/mol. The minimum absolute atomic E-state index is 0.0340. The van der Waals surface area contributed by atoms with Gasteiger partial charge in [0, 0.05) is 22.5 Å². The van der Waals surface area contributed by atoms with Crippen LogP contribution in [-0.2, 0) is 10.2 Å². The Balaban J connectivity index is 1.92. The molecule has 3 aromatic rings. The number of rotatable bonds is 6. The van der Waals surface area contributed by atoms with Crippen molar-refractivity contribution < 1.29 is 23.5 Å². The van der Waals surface area contributed by atoms with Crippen molar-refractivity contribution in [2.45, 2.75) is 50.6 Å². The number of carboxylic acids is 1. The summed E-state index contributed by atoms with van der Waals surface area (Å²) in [4.78, 5) is 28.8. The number of nitrogens with zero attached hydrogens (tertiary/aromatic N) is 2. The standard InChI is InChI=1S/C29H26Cl2F2N4O3/c1-28(2,3)12-22-29(14-34,18-9-7-15(30)11-20(18)32)23(17-5-4-6-19(31)24(17)33)25(37-22)26(38)36-16-8-10-21(27(39)40)35-13-16/h4-11,13,22-23,25,37H,12H2,1-3H3,(H,36,38)(H,39,40)/t22-,23-,25+,29-/m0/s1. The first kappa shape index (κ1) is 29.4. The molecule has 40 heavy (non-hydrogen) atoms. The molecule has 1 fully saturated rings. The quantitative estimate of drug-likeness (QED) is 0.311. The van der Waals surface area contributed by atoms with Gasteiger partial charge in [-0.3, -0.25) is 4.79 Å². The van der Waals surface area contributed by atoms with Crippen LogP contribution in [0.15, 0.2) is 54.7 Å². The normalized spacial score (nSPS) is 22.5. The minimum atomic E-state index is -1.76. The molecule has 2 heterocycles. The fraction of sp³-hybridized carbons (Fsp3) is 0.310.